The first-order chi connectivity index (χ1) is 28.3. The summed E-state index contributed by atoms with van der Waals surface area (Å²) in [6.07, 6.45) is 9.10. The van der Waals surface area contributed by atoms with Crippen LogP contribution in [0.3, 0.4) is 0 Å². The molecule has 0 saturated carbocycles. The number of para-hydroxylation sites is 3. The molecule has 2 atom stereocenters. The maximum absolute atomic E-state index is 6.86. The minimum absolute atomic E-state index is 0.124. The minimum atomic E-state index is 0.124. The zero-order chi connectivity index (χ0) is 37.5. The van der Waals surface area contributed by atoms with Gasteiger partial charge in [-0.15, -0.1) is 0 Å². The fourth-order valence-electron chi connectivity index (χ4n) is 9.53. The van der Waals surface area contributed by atoms with E-state index in [0.717, 1.165) is 27.6 Å². The molecule has 2 aliphatic rings. The molecule has 10 aromatic rings. The number of benzene rings is 8. The topological polar surface area (TPSA) is 21.3 Å². The highest BCUT2D eigenvalue weighted by Crippen LogP contribution is 2.52. The van der Waals surface area contributed by atoms with Crippen LogP contribution < -0.4 is 4.90 Å². The maximum Gasteiger partial charge on any atom is 0.159 e. The normalized spacial score (nSPS) is 15.9. The Morgan fingerprint density at radius 3 is 1.93 bits per heavy atom. The standard InChI is InChI=1S/C54H36N2O/c1-3-13-35(14-4-1)36-23-25-37(26-24-36)41-29-32-51(54-53(41)44-19-9-12-22-52(44)57-54)56-48-21-11-8-18-43(48)46-34-39(28-31-50(46)56)38-27-30-49-45(33-38)42-17-7-10-20-47(42)55(49)40-15-5-2-6-16-40/h1-34,43,48H. The first kappa shape index (κ1) is 31.9. The van der Waals surface area contributed by atoms with Crippen molar-refractivity contribution in [3.63, 3.8) is 0 Å². The second kappa shape index (κ2) is 12.6. The average molecular weight is 729 g/mol. The molecule has 268 valence electrons. The molecule has 0 N–H and O–H groups in total. The molecule has 57 heavy (non-hydrogen) atoms. The second-order valence-corrected chi connectivity index (χ2v) is 15.2. The Morgan fingerprint density at radius 2 is 1.07 bits per heavy atom. The van der Waals surface area contributed by atoms with E-state index < -0.39 is 0 Å². The highest BCUT2D eigenvalue weighted by molar-refractivity contribution is 6.16. The van der Waals surface area contributed by atoms with Crippen LogP contribution in [0.25, 0.3) is 82.8 Å². The molecule has 0 radical (unpaired) electrons. The van der Waals surface area contributed by atoms with Gasteiger partial charge in [0.25, 0.3) is 0 Å². The summed E-state index contributed by atoms with van der Waals surface area (Å²) in [5.41, 5.74) is 16.3. The van der Waals surface area contributed by atoms with E-state index in [9.17, 15) is 0 Å². The van der Waals surface area contributed by atoms with Crippen molar-refractivity contribution in [2.45, 2.75) is 12.0 Å². The molecule has 1 aliphatic heterocycles. The monoisotopic (exact) mass is 728 g/mol. The Bertz CT molecular complexity index is 3240. The zero-order valence-electron chi connectivity index (χ0n) is 31.1. The van der Waals surface area contributed by atoms with E-state index in [0.29, 0.717) is 0 Å². The third-order valence-corrected chi connectivity index (χ3v) is 12.1. The van der Waals surface area contributed by atoms with Gasteiger partial charge in [-0.3, -0.25) is 0 Å². The zero-order valence-corrected chi connectivity index (χ0v) is 31.1. The molecule has 0 spiro atoms. The quantitative estimate of drug-likeness (QED) is 0.176. The van der Waals surface area contributed by atoms with Crippen LogP contribution in [0, 0.1) is 0 Å². The van der Waals surface area contributed by atoms with E-state index in [1.54, 1.807) is 0 Å². The number of aromatic nitrogens is 1. The lowest BCUT2D eigenvalue weighted by atomic mass is 9.89. The molecule has 2 unspecified atom stereocenters. The predicted molar refractivity (Wildman–Crippen MR) is 238 cm³/mol. The summed E-state index contributed by atoms with van der Waals surface area (Å²) in [5, 5.41) is 4.80. The first-order valence-electron chi connectivity index (χ1n) is 19.8. The second-order valence-electron chi connectivity index (χ2n) is 15.2. The molecule has 0 saturated heterocycles. The number of allylic oxidation sites excluding steroid dienone is 2. The van der Waals surface area contributed by atoms with Gasteiger partial charge in [0.1, 0.15) is 5.58 Å². The summed E-state index contributed by atoms with van der Waals surface area (Å²) < 4.78 is 9.24. The largest absolute Gasteiger partial charge is 0.454 e. The molecule has 12 rings (SSSR count). The van der Waals surface area contributed by atoms with Gasteiger partial charge in [0.2, 0.25) is 0 Å². The van der Waals surface area contributed by atoms with Crippen LogP contribution in [0.15, 0.2) is 211 Å². The summed E-state index contributed by atoms with van der Waals surface area (Å²) in [7, 11) is 0. The van der Waals surface area contributed by atoms with Crippen LogP contribution in [0.2, 0.25) is 0 Å². The fraction of sp³-hybridized carbons (Fsp3) is 0.0370. The van der Waals surface area contributed by atoms with Crippen LogP contribution in [0.4, 0.5) is 11.4 Å². The SMILES string of the molecule is C1=CC2c3cc(-c4ccc5c(c4)c4ccccc4n5-c4ccccc4)ccc3N(c3ccc(-c4ccc(-c5ccccc5)cc4)c4c3oc3ccccc34)C2C=C1. The molecule has 0 bridgehead atoms. The highest BCUT2D eigenvalue weighted by Gasteiger charge is 2.39. The molecule has 2 aromatic heterocycles. The van der Waals surface area contributed by atoms with Gasteiger partial charge < -0.3 is 13.9 Å². The van der Waals surface area contributed by atoms with Crippen molar-refractivity contribution in [2.24, 2.45) is 0 Å². The molecular formula is C54H36N2O. The Kier molecular flexibility index (Phi) is 7.05. The third kappa shape index (κ3) is 4.92. The minimum Gasteiger partial charge on any atom is -0.454 e. The Hall–Kier alpha value is -7.36. The van der Waals surface area contributed by atoms with Crippen LogP contribution in [-0.4, -0.2) is 10.6 Å². The van der Waals surface area contributed by atoms with Crippen molar-refractivity contribution < 1.29 is 4.42 Å². The summed E-state index contributed by atoms with van der Waals surface area (Å²) in [6, 6.07) is 66.1. The van der Waals surface area contributed by atoms with Crippen molar-refractivity contribution in [3.05, 3.63) is 212 Å². The van der Waals surface area contributed by atoms with Crippen LogP contribution >= 0.6 is 0 Å². The van der Waals surface area contributed by atoms with Crippen molar-refractivity contribution in [1.29, 1.82) is 0 Å². The van der Waals surface area contributed by atoms with Gasteiger partial charge in [0, 0.05) is 38.8 Å². The molecule has 3 nitrogen and oxygen atoms in total. The van der Waals surface area contributed by atoms with Crippen molar-refractivity contribution in [3.8, 4) is 39.1 Å². The number of nitrogens with zero attached hydrogens (tertiary/aromatic N) is 2. The number of anilines is 2. The lowest BCUT2D eigenvalue weighted by molar-refractivity contribution is 0.663. The van der Waals surface area contributed by atoms with Crippen LogP contribution in [0.1, 0.15) is 11.5 Å². The van der Waals surface area contributed by atoms with E-state index in [-0.39, 0.29) is 12.0 Å². The summed E-state index contributed by atoms with van der Waals surface area (Å²) in [5.74, 6) is 0.207. The number of hydrogen-bond donors (Lipinski definition) is 0. The summed E-state index contributed by atoms with van der Waals surface area (Å²) in [4.78, 5) is 2.51. The Balaban J connectivity index is 0.991. The van der Waals surface area contributed by atoms with Gasteiger partial charge in [-0.1, -0.05) is 152 Å². The summed E-state index contributed by atoms with van der Waals surface area (Å²) >= 11 is 0. The van der Waals surface area contributed by atoms with E-state index in [4.69, 9.17) is 4.42 Å². The van der Waals surface area contributed by atoms with Crippen molar-refractivity contribution in [1.82, 2.24) is 4.57 Å². The molecule has 1 aliphatic carbocycles. The Morgan fingerprint density at radius 1 is 0.439 bits per heavy atom. The summed E-state index contributed by atoms with van der Waals surface area (Å²) in [6.45, 7) is 0. The van der Waals surface area contributed by atoms with E-state index in [1.165, 1.54) is 72.1 Å². The van der Waals surface area contributed by atoms with Crippen molar-refractivity contribution >= 4 is 55.1 Å². The smallest absolute Gasteiger partial charge is 0.159 e. The van der Waals surface area contributed by atoms with Gasteiger partial charge in [-0.25, -0.2) is 0 Å². The molecule has 3 heterocycles. The highest BCUT2D eigenvalue weighted by atomic mass is 16.3. The number of furan rings is 1. The Labute approximate surface area is 330 Å². The van der Waals surface area contributed by atoms with Gasteiger partial charge in [0.15, 0.2) is 5.58 Å². The van der Waals surface area contributed by atoms with Gasteiger partial charge in [-0.2, -0.15) is 0 Å². The van der Waals surface area contributed by atoms with Crippen LogP contribution in [0.5, 0.6) is 0 Å². The van der Waals surface area contributed by atoms with Gasteiger partial charge >= 0.3 is 0 Å². The lowest BCUT2D eigenvalue weighted by Gasteiger charge is -2.29. The van der Waals surface area contributed by atoms with Crippen LogP contribution in [-0.2, 0) is 0 Å². The molecule has 0 fully saturated rings. The van der Waals surface area contributed by atoms with Gasteiger partial charge in [-0.05, 0) is 93.5 Å². The number of rotatable bonds is 5. The molecule has 8 aromatic carbocycles. The number of hydrogen-bond acceptors (Lipinski definition) is 2. The number of fused-ring (bicyclic) bond motifs is 9. The third-order valence-electron chi connectivity index (χ3n) is 12.1. The maximum atomic E-state index is 6.86. The molecule has 3 heteroatoms. The first-order valence-corrected chi connectivity index (χ1v) is 19.8. The van der Waals surface area contributed by atoms with E-state index in [2.05, 4.69) is 216 Å². The van der Waals surface area contributed by atoms with Crippen molar-refractivity contribution in [2.75, 3.05) is 4.90 Å². The van der Waals surface area contributed by atoms with E-state index in [1.807, 2.05) is 0 Å². The van der Waals surface area contributed by atoms with E-state index >= 15 is 0 Å². The molecule has 0 amide bonds. The van der Waals surface area contributed by atoms with Gasteiger partial charge in [0.05, 0.1) is 22.8 Å². The fourth-order valence-corrected chi connectivity index (χ4v) is 9.53. The average Bonchev–Trinajstić information content (AvgIpc) is 3.95. The predicted octanol–water partition coefficient (Wildman–Crippen LogP) is 14.4. The molecular weight excluding hydrogens is 693 g/mol. The lowest BCUT2D eigenvalue weighted by Crippen LogP contribution is -2.28.